The molecular weight excluding hydrogens is 192 g/mol. The van der Waals surface area contributed by atoms with E-state index in [2.05, 4.69) is 0 Å². The highest BCUT2D eigenvalue weighted by molar-refractivity contribution is 5.78. The van der Waals surface area contributed by atoms with E-state index in [4.69, 9.17) is 10.5 Å². The normalized spacial score (nSPS) is 31.5. The van der Waals surface area contributed by atoms with Gasteiger partial charge in [0.25, 0.3) is 0 Å². The lowest BCUT2D eigenvalue weighted by atomic mass is 10.1. The van der Waals surface area contributed by atoms with Crippen LogP contribution in [0.4, 0.5) is 0 Å². The van der Waals surface area contributed by atoms with Gasteiger partial charge >= 0.3 is 0 Å². The number of hydrogen-bond acceptors (Lipinski definition) is 3. The van der Waals surface area contributed by atoms with Gasteiger partial charge < -0.3 is 15.4 Å². The van der Waals surface area contributed by atoms with E-state index >= 15 is 0 Å². The highest BCUT2D eigenvalue weighted by atomic mass is 16.5. The third kappa shape index (κ3) is 2.69. The fourth-order valence-electron chi connectivity index (χ4n) is 2.40. The lowest BCUT2D eigenvalue weighted by Gasteiger charge is -2.18. The van der Waals surface area contributed by atoms with Gasteiger partial charge in [-0.25, -0.2) is 0 Å². The maximum atomic E-state index is 11.6. The Bertz CT molecular complexity index is 227. The molecule has 2 atom stereocenters. The first kappa shape index (κ1) is 10.9. The molecule has 2 aliphatic heterocycles. The molecule has 0 aromatic rings. The molecule has 86 valence electrons. The molecule has 0 aliphatic carbocycles. The van der Waals surface area contributed by atoms with Crippen LogP contribution in [0.1, 0.15) is 25.7 Å². The first-order valence-corrected chi connectivity index (χ1v) is 5.89. The number of amides is 1. The van der Waals surface area contributed by atoms with Crippen LogP contribution in [-0.4, -0.2) is 43.2 Å². The molecule has 2 rings (SSSR count). The molecule has 2 unspecified atom stereocenters. The van der Waals surface area contributed by atoms with Crippen LogP contribution >= 0.6 is 0 Å². The minimum absolute atomic E-state index is 0.267. The number of carbonyl (C=O) groups is 1. The summed E-state index contributed by atoms with van der Waals surface area (Å²) in [6.07, 6.45) is 4.34. The van der Waals surface area contributed by atoms with Gasteiger partial charge in [0.15, 0.2) is 0 Å². The Morgan fingerprint density at radius 1 is 1.53 bits per heavy atom. The van der Waals surface area contributed by atoms with Crippen LogP contribution in [-0.2, 0) is 9.53 Å². The van der Waals surface area contributed by atoms with Gasteiger partial charge in [-0.05, 0) is 31.7 Å². The van der Waals surface area contributed by atoms with E-state index in [1.807, 2.05) is 4.90 Å². The van der Waals surface area contributed by atoms with E-state index in [1.165, 1.54) is 6.42 Å². The molecular formula is C11H20N2O2. The average Bonchev–Trinajstić information content (AvgIpc) is 2.84. The van der Waals surface area contributed by atoms with Crippen molar-refractivity contribution in [1.82, 2.24) is 4.90 Å². The van der Waals surface area contributed by atoms with E-state index in [1.54, 1.807) is 0 Å². The highest BCUT2D eigenvalue weighted by Crippen LogP contribution is 2.20. The fourth-order valence-corrected chi connectivity index (χ4v) is 2.40. The van der Waals surface area contributed by atoms with Gasteiger partial charge in [-0.3, -0.25) is 4.79 Å². The van der Waals surface area contributed by atoms with Crippen molar-refractivity contribution in [2.45, 2.75) is 31.8 Å². The smallest absolute Gasteiger partial charge is 0.222 e. The second kappa shape index (κ2) is 4.94. The molecule has 0 bridgehead atoms. The summed E-state index contributed by atoms with van der Waals surface area (Å²) < 4.78 is 5.54. The molecule has 2 heterocycles. The number of hydrogen-bond donors (Lipinski definition) is 1. The standard InChI is InChI=1S/C11H20N2O2/c12-7-9-6-11(14)13(8-9)4-3-10-2-1-5-15-10/h9-10H,1-8,12H2. The molecule has 2 fully saturated rings. The maximum Gasteiger partial charge on any atom is 0.222 e. The summed E-state index contributed by atoms with van der Waals surface area (Å²) in [4.78, 5) is 13.5. The maximum absolute atomic E-state index is 11.6. The second-order valence-electron chi connectivity index (χ2n) is 4.57. The Kier molecular flexibility index (Phi) is 3.59. The molecule has 2 N–H and O–H groups in total. The van der Waals surface area contributed by atoms with E-state index in [-0.39, 0.29) is 5.91 Å². The Morgan fingerprint density at radius 2 is 2.40 bits per heavy atom. The van der Waals surface area contributed by atoms with Crippen LogP contribution in [0.2, 0.25) is 0 Å². The Hall–Kier alpha value is -0.610. The van der Waals surface area contributed by atoms with Gasteiger partial charge in [0, 0.05) is 26.1 Å². The predicted molar refractivity (Wildman–Crippen MR) is 57.3 cm³/mol. The van der Waals surface area contributed by atoms with E-state index in [9.17, 15) is 4.79 Å². The number of rotatable bonds is 4. The van der Waals surface area contributed by atoms with Gasteiger partial charge in [-0.1, -0.05) is 0 Å². The lowest BCUT2D eigenvalue weighted by molar-refractivity contribution is -0.128. The van der Waals surface area contributed by atoms with Crippen LogP contribution in [0.25, 0.3) is 0 Å². The lowest BCUT2D eigenvalue weighted by Crippen LogP contribution is -2.29. The summed E-state index contributed by atoms with van der Waals surface area (Å²) in [6.45, 7) is 3.22. The van der Waals surface area contributed by atoms with Crippen molar-refractivity contribution in [3.05, 3.63) is 0 Å². The third-order valence-electron chi connectivity index (χ3n) is 3.37. The Morgan fingerprint density at radius 3 is 3.00 bits per heavy atom. The van der Waals surface area contributed by atoms with Crippen molar-refractivity contribution in [3.63, 3.8) is 0 Å². The molecule has 0 spiro atoms. The SMILES string of the molecule is NCC1CC(=O)N(CCC2CCCO2)C1. The van der Waals surface area contributed by atoms with Crippen molar-refractivity contribution in [2.24, 2.45) is 11.7 Å². The number of ether oxygens (including phenoxy) is 1. The topological polar surface area (TPSA) is 55.6 Å². The van der Waals surface area contributed by atoms with Gasteiger partial charge in [-0.15, -0.1) is 0 Å². The minimum atomic E-state index is 0.267. The minimum Gasteiger partial charge on any atom is -0.378 e. The van der Waals surface area contributed by atoms with Gasteiger partial charge in [0.05, 0.1) is 6.10 Å². The first-order valence-electron chi connectivity index (χ1n) is 5.89. The molecule has 2 aliphatic rings. The number of nitrogens with zero attached hydrogens (tertiary/aromatic N) is 1. The van der Waals surface area contributed by atoms with Gasteiger partial charge in [0.2, 0.25) is 5.91 Å². The second-order valence-corrected chi connectivity index (χ2v) is 4.57. The zero-order valence-electron chi connectivity index (χ0n) is 9.15. The number of carbonyl (C=O) groups excluding carboxylic acids is 1. The van der Waals surface area contributed by atoms with Gasteiger partial charge in [0.1, 0.15) is 0 Å². The molecule has 4 nitrogen and oxygen atoms in total. The summed E-state index contributed by atoms with van der Waals surface area (Å²) in [5.41, 5.74) is 5.57. The monoisotopic (exact) mass is 212 g/mol. The van der Waals surface area contributed by atoms with Crippen molar-refractivity contribution < 1.29 is 9.53 Å². The zero-order valence-corrected chi connectivity index (χ0v) is 9.15. The van der Waals surface area contributed by atoms with E-state index in [0.717, 1.165) is 32.5 Å². The summed E-state index contributed by atoms with van der Waals surface area (Å²) in [6, 6.07) is 0. The third-order valence-corrected chi connectivity index (χ3v) is 3.37. The van der Waals surface area contributed by atoms with Crippen molar-refractivity contribution in [1.29, 1.82) is 0 Å². The quantitative estimate of drug-likeness (QED) is 0.732. The van der Waals surface area contributed by atoms with E-state index < -0.39 is 0 Å². The van der Waals surface area contributed by atoms with Gasteiger partial charge in [-0.2, -0.15) is 0 Å². The number of likely N-dealkylation sites (tertiary alicyclic amines) is 1. The Balaban J connectivity index is 1.72. The van der Waals surface area contributed by atoms with Crippen LogP contribution in [0.3, 0.4) is 0 Å². The highest BCUT2D eigenvalue weighted by Gasteiger charge is 2.29. The summed E-state index contributed by atoms with van der Waals surface area (Å²) in [5.74, 6) is 0.644. The molecule has 0 aromatic heterocycles. The molecule has 2 saturated heterocycles. The Labute approximate surface area is 90.8 Å². The predicted octanol–water partition coefficient (Wildman–Crippen LogP) is 0.363. The summed E-state index contributed by atoms with van der Waals surface area (Å²) in [5, 5.41) is 0. The molecule has 1 amide bonds. The first-order chi connectivity index (χ1) is 7.29. The van der Waals surface area contributed by atoms with Crippen molar-refractivity contribution in [2.75, 3.05) is 26.2 Å². The molecule has 0 saturated carbocycles. The van der Waals surface area contributed by atoms with Crippen LogP contribution in [0, 0.1) is 5.92 Å². The summed E-state index contributed by atoms with van der Waals surface area (Å²) in [7, 11) is 0. The molecule has 4 heteroatoms. The summed E-state index contributed by atoms with van der Waals surface area (Å²) >= 11 is 0. The van der Waals surface area contributed by atoms with Crippen LogP contribution < -0.4 is 5.73 Å². The average molecular weight is 212 g/mol. The molecule has 15 heavy (non-hydrogen) atoms. The largest absolute Gasteiger partial charge is 0.378 e. The van der Waals surface area contributed by atoms with Crippen LogP contribution in [0.15, 0.2) is 0 Å². The van der Waals surface area contributed by atoms with Crippen molar-refractivity contribution in [3.8, 4) is 0 Å². The van der Waals surface area contributed by atoms with Crippen molar-refractivity contribution >= 4 is 5.91 Å². The number of nitrogens with two attached hydrogens (primary N) is 1. The fraction of sp³-hybridized carbons (Fsp3) is 0.909. The molecule has 0 radical (unpaired) electrons. The van der Waals surface area contributed by atoms with E-state index in [0.29, 0.717) is 25.0 Å². The zero-order chi connectivity index (χ0) is 10.7. The van der Waals surface area contributed by atoms with Crippen LogP contribution in [0.5, 0.6) is 0 Å². The molecule has 0 aromatic carbocycles.